The molecule has 28 heavy (non-hydrogen) atoms. The zero-order valence-corrected chi connectivity index (χ0v) is 15.7. The van der Waals surface area contributed by atoms with Crippen molar-refractivity contribution in [2.75, 3.05) is 5.32 Å². The average molecular weight is 378 g/mol. The third kappa shape index (κ3) is 3.71. The smallest absolute Gasteiger partial charge is 0.293 e. The Kier molecular flexibility index (Phi) is 5.01. The van der Waals surface area contributed by atoms with Crippen LogP contribution in [-0.4, -0.2) is 30.4 Å². The molecule has 8 heteroatoms. The minimum absolute atomic E-state index is 0.0498. The van der Waals surface area contributed by atoms with E-state index in [0.717, 1.165) is 36.9 Å². The Bertz CT molecular complexity index is 1070. The van der Waals surface area contributed by atoms with Crippen LogP contribution in [0, 0.1) is 0 Å². The Hall–Kier alpha value is -3.29. The van der Waals surface area contributed by atoms with Crippen molar-refractivity contribution in [2.45, 2.75) is 37.8 Å². The minimum atomic E-state index is -0.133. The van der Waals surface area contributed by atoms with Crippen LogP contribution in [0.25, 0.3) is 11.3 Å². The molecular formula is C20H22N6O2. The van der Waals surface area contributed by atoms with Gasteiger partial charge in [0.05, 0.1) is 11.7 Å². The van der Waals surface area contributed by atoms with E-state index in [4.69, 9.17) is 0 Å². The number of hydrogen-bond donors (Lipinski definition) is 1. The molecule has 0 bridgehead atoms. The first-order valence-electron chi connectivity index (χ1n) is 9.40. The normalized spacial score (nSPS) is 19.3. The third-order valence-electron chi connectivity index (χ3n) is 5.18. The minimum Gasteiger partial charge on any atom is -0.363 e. The van der Waals surface area contributed by atoms with E-state index in [1.54, 1.807) is 48.6 Å². The van der Waals surface area contributed by atoms with E-state index < -0.39 is 0 Å². The Morgan fingerprint density at radius 3 is 2.64 bits per heavy atom. The number of nitrogens with zero attached hydrogens (tertiary/aromatic N) is 5. The van der Waals surface area contributed by atoms with Gasteiger partial charge in [0.2, 0.25) is 0 Å². The maximum absolute atomic E-state index is 12.4. The largest absolute Gasteiger partial charge is 0.363 e. The summed E-state index contributed by atoms with van der Waals surface area (Å²) >= 11 is 0. The summed E-state index contributed by atoms with van der Waals surface area (Å²) in [5, 5.41) is 7.83. The van der Waals surface area contributed by atoms with Gasteiger partial charge in [-0.15, -0.1) is 0 Å². The van der Waals surface area contributed by atoms with Crippen LogP contribution in [0.1, 0.15) is 31.7 Å². The molecule has 0 amide bonds. The van der Waals surface area contributed by atoms with Crippen LogP contribution in [0.3, 0.4) is 0 Å². The lowest BCUT2D eigenvalue weighted by molar-refractivity contribution is 0.304. The molecule has 3 aromatic rings. The number of pyridine rings is 1. The molecule has 1 aliphatic carbocycles. The summed E-state index contributed by atoms with van der Waals surface area (Å²) in [4.78, 5) is 32.8. The van der Waals surface area contributed by atoms with Crippen molar-refractivity contribution in [3.63, 3.8) is 0 Å². The predicted octanol–water partition coefficient (Wildman–Crippen LogP) is 1.99. The van der Waals surface area contributed by atoms with Gasteiger partial charge in [-0.1, -0.05) is 0 Å². The SMILES string of the molecule is Cn1ccnc(NC2CCC(n3nc(-c4cccnc4)ccc3=O)CC2)c1=O. The topological polar surface area (TPSA) is 94.7 Å². The second-order valence-corrected chi connectivity index (χ2v) is 7.08. The van der Waals surface area contributed by atoms with Gasteiger partial charge in [0.1, 0.15) is 0 Å². The molecule has 0 spiro atoms. The van der Waals surface area contributed by atoms with Crippen molar-refractivity contribution in [3.05, 3.63) is 69.8 Å². The van der Waals surface area contributed by atoms with Gasteiger partial charge in [0, 0.05) is 49.5 Å². The summed E-state index contributed by atoms with van der Waals surface area (Å²) in [6.45, 7) is 0. The molecule has 1 fully saturated rings. The van der Waals surface area contributed by atoms with E-state index in [2.05, 4.69) is 20.4 Å². The monoisotopic (exact) mass is 378 g/mol. The van der Waals surface area contributed by atoms with E-state index in [1.165, 1.54) is 4.57 Å². The summed E-state index contributed by atoms with van der Waals surface area (Å²) in [7, 11) is 1.71. The average Bonchev–Trinajstić information content (AvgIpc) is 2.73. The van der Waals surface area contributed by atoms with Gasteiger partial charge < -0.3 is 9.88 Å². The maximum atomic E-state index is 12.4. The number of anilines is 1. The second kappa shape index (κ2) is 7.75. The lowest BCUT2D eigenvalue weighted by Crippen LogP contribution is -2.35. The molecule has 1 saturated carbocycles. The van der Waals surface area contributed by atoms with Crippen molar-refractivity contribution in [1.29, 1.82) is 0 Å². The number of rotatable bonds is 4. The molecule has 1 N–H and O–H groups in total. The third-order valence-corrected chi connectivity index (χ3v) is 5.18. The van der Waals surface area contributed by atoms with Crippen LogP contribution < -0.4 is 16.4 Å². The molecule has 0 unspecified atom stereocenters. The lowest BCUT2D eigenvalue weighted by atomic mass is 9.91. The van der Waals surface area contributed by atoms with Gasteiger partial charge in [-0.2, -0.15) is 5.10 Å². The van der Waals surface area contributed by atoms with Crippen LogP contribution >= 0.6 is 0 Å². The Morgan fingerprint density at radius 2 is 1.89 bits per heavy atom. The van der Waals surface area contributed by atoms with E-state index >= 15 is 0 Å². The molecular weight excluding hydrogens is 356 g/mol. The summed E-state index contributed by atoms with van der Waals surface area (Å²) < 4.78 is 3.10. The fraction of sp³-hybridized carbons (Fsp3) is 0.350. The fourth-order valence-corrected chi connectivity index (χ4v) is 3.61. The molecule has 0 aromatic carbocycles. The zero-order valence-electron chi connectivity index (χ0n) is 15.7. The van der Waals surface area contributed by atoms with Crippen LogP contribution in [0.4, 0.5) is 5.82 Å². The highest BCUT2D eigenvalue weighted by Crippen LogP contribution is 2.28. The van der Waals surface area contributed by atoms with Gasteiger partial charge in [0.15, 0.2) is 5.82 Å². The van der Waals surface area contributed by atoms with Crippen molar-refractivity contribution in [2.24, 2.45) is 7.05 Å². The number of aryl methyl sites for hydroxylation is 1. The molecule has 8 nitrogen and oxygen atoms in total. The fourth-order valence-electron chi connectivity index (χ4n) is 3.61. The predicted molar refractivity (Wildman–Crippen MR) is 106 cm³/mol. The Morgan fingerprint density at radius 1 is 1.07 bits per heavy atom. The first-order chi connectivity index (χ1) is 13.6. The van der Waals surface area contributed by atoms with Gasteiger partial charge in [0.25, 0.3) is 11.1 Å². The summed E-state index contributed by atoms with van der Waals surface area (Å²) in [6.07, 6.45) is 10.0. The van der Waals surface area contributed by atoms with E-state index in [-0.39, 0.29) is 23.2 Å². The quantitative estimate of drug-likeness (QED) is 0.746. The summed E-state index contributed by atoms with van der Waals surface area (Å²) in [6, 6.07) is 7.30. The van der Waals surface area contributed by atoms with Crippen molar-refractivity contribution in [3.8, 4) is 11.3 Å². The van der Waals surface area contributed by atoms with Crippen LogP contribution in [-0.2, 0) is 7.05 Å². The van der Waals surface area contributed by atoms with Gasteiger partial charge in [-0.05, 0) is 43.9 Å². The van der Waals surface area contributed by atoms with Crippen molar-refractivity contribution >= 4 is 5.82 Å². The molecule has 4 rings (SSSR count). The Balaban J connectivity index is 1.47. The molecule has 1 aliphatic rings. The molecule has 3 aromatic heterocycles. The highest BCUT2D eigenvalue weighted by molar-refractivity contribution is 5.56. The Labute approximate surface area is 161 Å². The summed E-state index contributed by atoms with van der Waals surface area (Å²) in [5.41, 5.74) is 1.40. The molecule has 0 aliphatic heterocycles. The van der Waals surface area contributed by atoms with Crippen molar-refractivity contribution < 1.29 is 0 Å². The van der Waals surface area contributed by atoms with Gasteiger partial charge in [-0.25, -0.2) is 9.67 Å². The highest BCUT2D eigenvalue weighted by atomic mass is 16.1. The lowest BCUT2D eigenvalue weighted by Gasteiger charge is -2.29. The van der Waals surface area contributed by atoms with Crippen molar-refractivity contribution in [1.82, 2.24) is 24.3 Å². The van der Waals surface area contributed by atoms with E-state index in [0.29, 0.717) is 5.82 Å². The number of hydrogen-bond acceptors (Lipinski definition) is 6. The zero-order chi connectivity index (χ0) is 19.5. The summed E-state index contributed by atoms with van der Waals surface area (Å²) in [5.74, 6) is 0.377. The first kappa shape index (κ1) is 18.1. The number of aromatic nitrogens is 5. The van der Waals surface area contributed by atoms with Crippen LogP contribution in [0.2, 0.25) is 0 Å². The molecule has 144 valence electrons. The second-order valence-electron chi connectivity index (χ2n) is 7.08. The first-order valence-corrected chi connectivity index (χ1v) is 9.40. The maximum Gasteiger partial charge on any atom is 0.293 e. The number of nitrogens with one attached hydrogen (secondary N) is 1. The van der Waals surface area contributed by atoms with Gasteiger partial charge in [-0.3, -0.25) is 14.6 Å². The molecule has 3 heterocycles. The van der Waals surface area contributed by atoms with E-state index in [9.17, 15) is 9.59 Å². The van der Waals surface area contributed by atoms with Crippen LogP contribution in [0.15, 0.2) is 58.6 Å². The highest BCUT2D eigenvalue weighted by Gasteiger charge is 2.24. The van der Waals surface area contributed by atoms with Gasteiger partial charge >= 0.3 is 0 Å². The van der Waals surface area contributed by atoms with Crippen LogP contribution in [0.5, 0.6) is 0 Å². The molecule has 0 saturated heterocycles. The molecule has 0 atom stereocenters. The van der Waals surface area contributed by atoms with E-state index in [1.807, 2.05) is 12.1 Å². The standard InChI is InChI=1S/C20H22N6O2/c1-25-12-11-22-19(20(25)28)23-15-4-6-16(7-5-15)26-18(27)9-8-17(24-26)14-3-2-10-21-13-14/h2-3,8-13,15-16H,4-7H2,1H3,(H,22,23). The molecule has 0 radical (unpaired) electrons.